The van der Waals surface area contributed by atoms with Gasteiger partial charge in [-0.3, -0.25) is 28.8 Å². The fourth-order valence-corrected chi connectivity index (χ4v) is 5.63. The van der Waals surface area contributed by atoms with Crippen LogP contribution in [0.25, 0.3) is 0 Å². The molecule has 312 valence electrons. The minimum absolute atomic E-state index is 0.00655. The fourth-order valence-electron chi connectivity index (χ4n) is 4.87. The summed E-state index contributed by atoms with van der Waals surface area (Å²) in [7, 11) is 0. The Balaban J connectivity index is 0.000000202. The summed E-state index contributed by atoms with van der Waals surface area (Å²) >= 11 is 27.4. The van der Waals surface area contributed by atoms with E-state index >= 15 is 0 Å². The third kappa shape index (κ3) is 13.4. The largest absolute Gasteiger partial charge is 0.322 e. The Morgan fingerprint density at radius 1 is 0.410 bits per heavy atom. The minimum Gasteiger partial charge on any atom is -0.322 e. The molecule has 3 N–H and O–H groups in total. The predicted molar refractivity (Wildman–Crippen MR) is 223 cm³/mol. The molecule has 6 rings (SSSR count). The van der Waals surface area contributed by atoms with Crippen molar-refractivity contribution in [3.05, 3.63) is 194 Å². The molecule has 0 bridgehead atoms. The molecule has 19 heteroatoms. The number of nitrogens with one attached hydrogen (secondary N) is 3. The molecule has 0 aromatic heterocycles. The third-order valence-corrected chi connectivity index (χ3v) is 8.88. The van der Waals surface area contributed by atoms with Gasteiger partial charge in [-0.2, -0.15) is 0 Å². The lowest BCUT2D eigenvalue weighted by atomic mass is 10.1. The normalized spacial score (nSPS) is 10.2. The molecule has 6 aromatic carbocycles. The van der Waals surface area contributed by atoms with Gasteiger partial charge < -0.3 is 16.0 Å². The Morgan fingerprint density at radius 2 is 0.820 bits per heavy atom. The maximum atomic E-state index is 13.6. The molecule has 0 spiro atoms. The van der Waals surface area contributed by atoms with Crippen molar-refractivity contribution in [2.45, 2.75) is 0 Å². The SMILES string of the molecule is O=C(Cl)c1cccc(NC(=O)c2c(F)ccc(F)c2F)c1.O=C(Cl)c1cccc(NC(=O)c2c(F)cccc2Cl)c1.O=C(Cl)c1cccc(NC(=O)c2ccc(Cl)cc2F)c1. The van der Waals surface area contributed by atoms with Crippen molar-refractivity contribution in [3.8, 4) is 0 Å². The van der Waals surface area contributed by atoms with Gasteiger partial charge in [-0.1, -0.05) is 47.5 Å². The van der Waals surface area contributed by atoms with Crippen LogP contribution in [0.3, 0.4) is 0 Å². The number of carbonyl (C=O) groups is 6. The van der Waals surface area contributed by atoms with E-state index < -0.39 is 68.1 Å². The van der Waals surface area contributed by atoms with Crippen molar-refractivity contribution < 1.29 is 50.7 Å². The highest BCUT2D eigenvalue weighted by Crippen LogP contribution is 2.23. The summed E-state index contributed by atoms with van der Waals surface area (Å²) in [4.78, 5) is 68.8. The monoisotopic (exact) mass is 935 g/mol. The van der Waals surface area contributed by atoms with Gasteiger partial charge in [0.05, 0.1) is 16.1 Å². The summed E-state index contributed by atoms with van der Waals surface area (Å²) in [6, 6.07) is 26.4. The Hall–Kier alpha value is -6.16. The smallest absolute Gasteiger partial charge is 0.261 e. The van der Waals surface area contributed by atoms with Crippen LogP contribution in [0.5, 0.6) is 0 Å². The molecule has 3 amide bonds. The molecule has 0 fully saturated rings. The van der Waals surface area contributed by atoms with Crippen molar-refractivity contribution >= 4 is 109 Å². The Kier molecular flexibility index (Phi) is 17.1. The van der Waals surface area contributed by atoms with Crippen LogP contribution >= 0.6 is 58.0 Å². The fraction of sp³-hybridized carbons (Fsp3) is 0. The van der Waals surface area contributed by atoms with E-state index in [9.17, 15) is 50.7 Å². The van der Waals surface area contributed by atoms with Crippen molar-refractivity contribution in [1.29, 1.82) is 0 Å². The summed E-state index contributed by atoms with van der Waals surface area (Å²) in [6.07, 6.45) is 0. The van der Waals surface area contributed by atoms with Gasteiger partial charge in [-0.25, -0.2) is 22.0 Å². The van der Waals surface area contributed by atoms with E-state index in [0.29, 0.717) is 23.5 Å². The van der Waals surface area contributed by atoms with Crippen molar-refractivity contribution in [3.63, 3.8) is 0 Å². The highest BCUT2D eigenvalue weighted by molar-refractivity contribution is 6.68. The number of hydrogen-bond donors (Lipinski definition) is 3. The van der Waals surface area contributed by atoms with Crippen molar-refractivity contribution in [1.82, 2.24) is 0 Å². The second-order valence-electron chi connectivity index (χ2n) is 11.9. The maximum Gasteiger partial charge on any atom is 0.261 e. The molecular formula is C42H23Cl5F5N3O6. The van der Waals surface area contributed by atoms with Crippen LogP contribution in [0.4, 0.5) is 39.0 Å². The highest BCUT2D eigenvalue weighted by Gasteiger charge is 2.21. The van der Waals surface area contributed by atoms with E-state index in [0.717, 1.165) is 12.1 Å². The summed E-state index contributed by atoms with van der Waals surface area (Å²) in [6.45, 7) is 0. The van der Waals surface area contributed by atoms with Crippen molar-refractivity contribution in [2.75, 3.05) is 16.0 Å². The van der Waals surface area contributed by atoms with Crippen molar-refractivity contribution in [2.24, 2.45) is 0 Å². The van der Waals surface area contributed by atoms with Crippen LogP contribution in [-0.2, 0) is 0 Å². The van der Waals surface area contributed by atoms with Gasteiger partial charge >= 0.3 is 0 Å². The standard InChI is InChI=1S/2C14H8Cl2FNO2.C14H7ClF3NO2/c15-10-5-2-6-11(17)12(10)14(20)18-9-4-1-3-8(7-9)13(16)19;15-9-4-5-11(12(17)7-9)14(20)18-10-3-1-2-8(6-10)13(16)19;15-13(20)7-2-1-3-8(6-7)19-14(21)11-9(16)4-5-10(17)12(11)18/h2*1-7H,(H,18,20);1-6H,(H,19,21). The number of anilines is 3. The molecule has 0 radical (unpaired) electrons. The summed E-state index contributed by atoms with van der Waals surface area (Å²) < 4.78 is 67.1. The van der Waals surface area contributed by atoms with Gasteiger partial charge in [0.1, 0.15) is 23.0 Å². The Bertz CT molecular complexity index is 2670. The van der Waals surface area contributed by atoms with Crippen LogP contribution in [0.2, 0.25) is 10.0 Å². The molecule has 0 aliphatic rings. The topological polar surface area (TPSA) is 139 Å². The van der Waals surface area contributed by atoms with E-state index in [1.165, 1.54) is 72.8 Å². The minimum atomic E-state index is -1.59. The first-order valence-corrected chi connectivity index (χ1v) is 18.6. The number of hydrogen-bond acceptors (Lipinski definition) is 6. The number of rotatable bonds is 9. The van der Waals surface area contributed by atoms with Gasteiger partial charge in [0.2, 0.25) is 0 Å². The van der Waals surface area contributed by atoms with Crippen LogP contribution in [0, 0.1) is 29.1 Å². The summed E-state index contributed by atoms with van der Waals surface area (Å²) in [5.41, 5.74) is -0.127. The molecular weight excluding hydrogens is 915 g/mol. The molecule has 0 saturated heterocycles. The molecule has 9 nitrogen and oxygen atoms in total. The third-order valence-electron chi connectivity index (χ3n) is 7.68. The molecule has 0 saturated carbocycles. The molecule has 61 heavy (non-hydrogen) atoms. The van der Waals surface area contributed by atoms with E-state index in [2.05, 4.69) is 16.0 Å². The first-order valence-electron chi connectivity index (χ1n) is 16.7. The average molecular weight is 938 g/mol. The Labute approximate surface area is 367 Å². The quantitative estimate of drug-likeness (QED) is 0.0750. The first kappa shape index (κ1) is 47.5. The lowest BCUT2D eigenvalue weighted by molar-refractivity contribution is 0.101. The molecule has 0 atom stereocenters. The summed E-state index contributed by atoms with van der Waals surface area (Å²) in [5.74, 6) is -8.09. The lowest BCUT2D eigenvalue weighted by Gasteiger charge is -2.08. The zero-order valence-corrected chi connectivity index (χ0v) is 34.1. The number of benzene rings is 6. The number of halogens is 10. The van der Waals surface area contributed by atoms with Gasteiger partial charge in [0, 0.05) is 38.8 Å². The van der Waals surface area contributed by atoms with Gasteiger partial charge in [-0.05, 0) is 132 Å². The van der Waals surface area contributed by atoms with Gasteiger partial charge in [0.15, 0.2) is 11.6 Å². The van der Waals surface area contributed by atoms with Gasteiger partial charge in [0.25, 0.3) is 33.4 Å². The second-order valence-corrected chi connectivity index (χ2v) is 13.7. The number of amides is 3. The number of carbonyl (C=O) groups excluding carboxylic acids is 6. The average Bonchev–Trinajstić information content (AvgIpc) is 3.20. The maximum absolute atomic E-state index is 13.6. The molecule has 6 aromatic rings. The molecule has 0 unspecified atom stereocenters. The molecule has 0 aliphatic heterocycles. The summed E-state index contributed by atoms with van der Waals surface area (Å²) in [5, 5.41) is 5.27. The van der Waals surface area contributed by atoms with Crippen LogP contribution in [0.1, 0.15) is 62.1 Å². The predicted octanol–water partition coefficient (Wildman–Crippen LogP) is 12.0. The molecule has 0 aliphatic carbocycles. The molecule has 0 heterocycles. The van der Waals surface area contributed by atoms with Crippen LogP contribution in [0.15, 0.2) is 121 Å². The zero-order chi connectivity index (χ0) is 45.0. The van der Waals surface area contributed by atoms with Crippen LogP contribution < -0.4 is 16.0 Å². The zero-order valence-electron chi connectivity index (χ0n) is 30.3. The van der Waals surface area contributed by atoms with Crippen LogP contribution in [-0.4, -0.2) is 33.4 Å². The highest BCUT2D eigenvalue weighted by atomic mass is 35.5. The van der Waals surface area contributed by atoms with E-state index in [1.807, 2.05) is 0 Å². The second kappa shape index (κ2) is 21.9. The van der Waals surface area contributed by atoms with E-state index in [-0.39, 0.29) is 43.5 Å². The van der Waals surface area contributed by atoms with E-state index in [4.69, 9.17) is 58.0 Å². The lowest BCUT2D eigenvalue weighted by Crippen LogP contribution is -2.17. The van der Waals surface area contributed by atoms with Gasteiger partial charge in [-0.15, -0.1) is 0 Å². The van der Waals surface area contributed by atoms with E-state index in [1.54, 1.807) is 24.3 Å². The first-order chi connectivity index (χ1) is 28.9. The Morgan fingerprint density at radius 3 is 1.26 bits per heavy atom.